The molecule has 2 aromatic carbocycles. The Balaban J connectivity index is 1.12. The van der Waals surface area contributed by atoms with Crippen molar-refractivity contribution < 1.29 is 19.2 Å². The summed E-state index contributed by atoms with van der Waals surface area (Å²) >= 11 is 0. The van der Waals surface area contributed by atoms with E-state index in [1.165, 1.54) is 12.7 Å². The second-order valence-electron chi connectivity index (χ2n) is 9.82. The minimum atomic E-state index is -0.471. The Morgan fingerprint density at radius 1 is 0.571 bits per heavy atom. The number of imidazole rings is 2. The normalized spacial score (nSPS) is 10.6. The molecule has 2 aromatic heterocycles. The molecular formula is C30H34N8O4. The summed E-state index contributed by atoms with van der Waals surface area (Å²) in [7, 11) is 0. The molecule has 0 aliphatic heterocycles. The number of nitrogens with one attached hydrogen (secondary N) is 6. The number of unbranched alkanes of at least 4 members (excludes halogenated alkanes) is 3. The number of hydrogen-bond donors (Lipinski definition) is 6. The first-order valence-electron chi connectivity index (χ1n) is 13.7. The highest BCUT2D eigenvalue weighted by Gasteiger charge is 2.21. The summed E-state index contributed by atoms with van der Waals surface area (Å²) in [5, 5.41) is 11.1. The Hall–Kier alpha value is -5.26. The molecular weight excluding hydrogens is 536 g/mol. The molecule has 0 spiro atoms. The van der Waals surface area contributed by atoms with Gasteiger partial charge in [0.1, 0.15) is 11.4 Å². The van der Waals surface area contributed by atoms with Crippen LogP contribution in [-0.4, -0.2) is 56.7 Å². The molecule has 0 radical (unpaired) electrons. The molecule has 0 fully saturated rings. The number of aromatic nitrogens is 4. The molecule has 0 aliphatic carbocycles. The second-order valence-corrected chi connectivity index (χ2v) is 9.82. The number of amides is 4. The summed E-state index contributed by atoms with van der Waals surface area (Å²) < 4.78 is 0. The molecule has 0 unspecified atom stereocenters. The Bertz CT molecular complexity index is 1410. The molecule has 0 aliphatic rings. The van der Waals surface area contributed by atoms with Crippen molar-refractivity contribution in [1.82, 2.24) is 30.6 Å². The van der Waals surface area contributed by atoms with Crippen LogP contribution in [0, 0.1) is 13.8 Å². The zero-order valence-electron chi connectivity index (χ0n) is 23.5. The lowest BCUT2D eigenvalue weighted by Crippen LogP contribution is -2.28. The highest BCUT2D eigenvalue weighted by atomic mass is 16.2. The van der Waals surface area contributed by atoms with Crippen molar-refractivity contribution in [1.29, 1.82) is 0 Å². The summed E-state index contributed by atoms with van der Waals surface area (Å²) in [6, 6.07) is 14.7. The third-order valence-electron chi connectivity index (χ3n) is 6.46. The SMILES string of the molecule is Cc1ccc(NC(=O)c2nc[nH]c2C(=O)NCCCCCCNC(=O)c2[nH]cnc2C(=O)Nc2ccc(C)cc2)cc1. The molecule has 4 amide bonds. The number of aromatic amines is 2. The van der Waals surface area contributed by atoms with Gasteiger partial charge in [-0.15, -0.1) is 0 Å². The minimum Gasteiger partial charge on any atom is -0.351 e. The van der Waals surface area contributed by atoms with Crippen LogP contribution in [0.1, 0.15) is 78.8 Å². The summed E-state index contributed by atoms with van der Waals surface area (Å²) in [5.41, 5.74) is 3.63. The van der Waals surface area contributed by atoms with Crippen molar-refractivity contribution in [2.24, 2.45) is 0 Å². The van der Waals surface area contributed by atoms with Crippen LogP contribution in [0.3, 0.4) is 0 Å². The van der Waals surface area contributed by atoms with Crippen molar-refractivity contribution in [3.63, 3.8) is 0 Å². The number of carbonyl (C=O) groups excluding carboxylic acids is 4. The topological polar surface area (TPSA) is 174 Å². The molecule has 0 atom stereocenters. The van der Waals surface area contributed by atoms with E-state index in [1.54, 1.807) is 24.3 Å². The molecule has 4 aromatic rings. The van der Waals surface area contributed by atoms with Gasteiger partial charge in [0.05, 0.1) is 12.7 Å². The zero-order valence-corrected chi connectivity index (χ0v) is 23.5. The van der Waals surface area contributed by atoms with Gasteiger partial charge < -0.3 is 31.2 Å². The van der Waals surface area contributed by atoms with E-state index >= 15 is 0 Å². The largest absolute Gasteiger partial charge is 0.351 e. The number of hydrogen-bond acceptors (Lipinski definition) is 6. The van der Waals surface area contributed by atoms with Gasteiger partial charge in [0.2, 0.25) is 0 Å². The molecule has 12 heteroatoms. The molecule has 2 heterocycles. The predicted molar refractivity (Wildman–Crippen MR) is 159 cm³/mol. The fraction of sp³-hybridized carbons (Fsp3) is 0.267. The third-order valence-corrected chi connectivity index (χ3v) is 6.46. The molecule has 42 heavy (non-hydrogen) atoms. The average molecular weight is 571 g/mol. The van der Waals surface area contributed by atoms with E-state index in [1.807, 2.05) is 38.1 Å². The fourth-order valence-electron chi connectivity index (χ4n) is 4.12. The number of carbonyl (C=O) groups is 4. The van der Waals surface area contributed by atoms with Crippen molar-refractivity contribution in [3.05, 3.63) is 95.1 Å². The highest BCUT2D eigenvalue weighted by molar-refractivity contribution is 6.10. The molecule has 0 saturated heterocycles. The molecule has 6 N–H and O–H groups in total. The minimum absolute atomic E-state index is 0.0249. The van der Waals surface area contributed by atoms with Gasteiger partial charge in [-0.1, -0.05) is 48.2 Å². The monoisotopic (exact) mass is 570 g/mol. The Kier molecular flexibility index (Phi) is 10.2. The van der Waals surface area contributed by atoms with E-state index in [-0.39, 0.29) is 22.8 Å². The van der Waals surface area contributed by atoms with Crippen molar-refractivity contribution in [3.8, 4) is 0 Å². The zero-order chi connectivity index (χ0) is 29.9. The van der Waals surface area contributed by atoms with E-state index in [9.17, 15) is 19.2 Å². The smallest absolute Gasteiger partial charge is 0.276 e. The van der Waals surface area contributed by atoms with Crippen LogP contribution in [0.4, 0.5) is 11.4 Å². The number of benzene rings is 2. The van der Waals surface area contributed by atoms with E-state index in [2.05, 4.69) is 41.2 Å². The molecule has 4 rings (SSSR count). The van der Waals surface area contributed by atoms with Gasteiger partial charge in [-0.05, 0) is 51.0 Å². The standard InChI is InChI=1S/C30H34N8O4/c1-19-7-11-21(12-8-19)37-29(41)25-23(33-17-35-25)27(39)31-15-5-3-4-6-16-32-28(40)24-26(36-18-34-24)30(42)38-22-13-9-20(2)10-14-22/h7-14,17-18H,3-6,15-16H2,1-2H3,(H,31,39)(H,32,40)(H,33,35)(H,34,36)(H,37,41)(H,38,42). The summed E-state index contributed by atoms with van der Waals surface area (Å²) in [6.07, 6.45) is 5.74. The van der Waals surface area contributed by atoms with Gasteiger partial charge in [0.15, 0.2) is 11.4 Å². The van der Waals surface area contributed by atoms with Gasteiger partial charge in [0.25, 0.3) is 23.6 Å². The first-order valence-corrected chi connectivity index (χ1v) is 13.7. The van der Waals surface area contributed by atoms with Gasteiger partial charge in [0, 0.05) is 24.5 Å². The van der Waals surface area contributed by atoms with Gasteiger partial charge in [-0.3, -0.25) is 19.2 Å². The van der Waals surface area contributed by atoms with E-state index in [4.69, 9.17) is 0 Å². The third kappa shape index (κ3) is 8.13. The predicted octanol–water partition coefficient (Wildman–Crippen LogP) is 3.97. The van der Waals surface area contributed by atoms with Crippen molar-refractivity contribution in [2.45, 2.75) is 39.5 Å². The van der Waals surface area contributed by atoms with Crippen LogP contribution >= 0.6 is 0 Å². The first kappa shape index (κ1) is 29.7. The number of aryl methyl sites for hydroxylation is 2. The first-order chi connectivity index (χ1) is 20.3. The summed E-state index contributed by atoms with van der Waals surface area (Å²) in [4.78, 5) is 63.9. The second kappa shape index (κ2) is 14.4. The lowest BCUT2D eigenvalue weighted by Gasteiger charge is -2.08. The summed E-state index contributed by atoms with van der Waals surface area (Å²) in [6.45, 7) is 4.76. The maximum absolute atomic E-state index is 12.6. The van der Waals surface area contributed by atoms with Gasteiger partial charge >= 0.3 is 0 Å². The highest BCUT2D eigenvalue weighted by Crippen LogP contribution is 2.13. The lowest BCUT2D eigenvalue weighted by molar-refractivity contribution is 0.0930. The van der Waals surface area contributed by atoms with Crippen molar-refractivity contribution in [2.75, 3.05) is 23.7 Å². The number of rotatable bonds is 13. The van der Waals surface area contributed by atoms with Gasteiger partial charge in [-0.2, -0.15) is 0 Å². The van der Waals surface area contributed by atoms with Crippen LogP contribution in [0.2, 0.25) is 0 Å². The van der Waals surface area contributed by atoms with Crippen LogP contribution in [0.15, 0.2) is 61.2 Å². The Morgan fingerprint density at radius 3 is 1.33 bits per heavy atom. The van der Waals surface area contributed by atoms with Crippen LogP contribution in [0.25, 0.3) is 0 Å². The number of nitrogens with zero attached hydrogens (tertiary/aromatic N) is 2. The number of H-pyrrole nitrogens is 2. The van der Waals surface area contributed by atoms with Crippen LogP contribution in [-0.2, 0) is 0 Å². The number of anilines is 2. The van der Waals surface area contributed by atoms with Crippen molar-refractivity contribution >= 4 is 35.0 Å². The Morgan fingerprint density at radius 2 is 0.952 bits per heavy atom. The molecule has 0 saturated carbocycles. The summed E-state index contributed by atoms with van der Waals surface area (Å²) in [5.74, 6) is -1.76. The lowest BCUT2D eigenvalue weighted by atomic mass is 10.2. The quantitative estimate of drug-likeness (QED) is 0.133. The Labute approximate surface area is 243 Å². The molecule has 0 bridgehead atoms. The molecule has 12 nitrogen and oxygen atoms in total. The maximum atomic E-state index is 12.6. The van der Waals surface area contributed by atoms with E-state index < -0.39 is 23.6 Å². The van der Waals surface area contributed by atoms with E-state index in [0.717, 1.165) is 36.8 Å². The van der Waals surface area contributed by atoms with Gasteiger partial charge in [-0.25, -0.2) is 9.97 Å². The average Bonchev–Trinajstić information content (AvgIpc) is 3.67. The van der Waals surface area contributed by atoms with Crippen LogP contribution < -0.4 is 21.3 Å². The fourth-order valence-corrected chi connectivity index (χ4v) is 4.12. The maximum Gasteiger partial charge on any atom is 0.276 e. The van der Waals surface area contributed by atoms with Crippen LogP contribution in [0.5, 0.6) is 0 Å². The molecule has 218 valence electrons. The van der Waals surface area contributed by atoms with E-state index in [0.29, 0.717) is 24.5 Å².